The molecule has 0 saturated heterocycles. The number of amides is 1. The smallest absolute Gasteiger partial charge is 0.255 e. The van der Waals surface area contributed by atoms with Gasteiger partial charge < -0.3 is 30.6 Å². The van der Waals surface area contributed by atoms with Crippen LogP contribution >= 0.6 is 0 Å². The maximum atomic E-state index is 13.8. The average molecular weight is 480 g/mol. The van der Waals surface area contributed by atoms with Crippen molar-refractivity contribution in [1.82, 2.24) is 4.90 Å². The second kappa shape index (κ2) is 7.56. The number of benzene rings is 1. The van der Waals surface area contributed by atoms with Gasteiger partial charge in [0.1, 0.15) is 28.6 Å². The molecule has 3 aliphatic carbocycles. The third-order valence-corrected chi connectivity index (χ3v) is 7.39. The number of furan rings is 1. The topological polar surface area (TPSA) is 175 Å². The number of likely N-dealkylation sites (N-methyl/N-ethyl adjacent to an activating group) is 1. The maximum absolute atomic E-state index is 13.8. The van der Waals surface area contributed by atoms with Crippen molar-refractivity contribution in [2.24, 2.45) is 17.6 Å². The summed E-state index contributed by atoms with van der Waals surface area (Å²) in [5.74, 6) is -6.28. The van der Waals surface area contributed by atoms with Crippen LogP contribution in [0.4, 0.5) is 0 Å². The number of aromatic hydroxyl groups is 1. The minimum atomic E-state index is -2.65. The lowest BCUT2D eigenvalue weighted by Gasteiger charge is -2.50. The Bertz CT molecular complexity index is 1350. The van der Waals surface area contributed by atoms with Crippen LogP contribution in [0.1, 0.15) is 17.5 Å². The number of aliphatic hydroxyl groups excluding tert-OH is 2. The van der Waals surface area contributed by atoms with Gasteiger partial charge in [0, 0.05) is 17.1 Å². The lowest BCUT2D eigenvalue weighted by atomic mass is 9.57. The number of aliphatic hydroxyl groups is 3. The van der Waals surface area contributed by atoms with Crippen LogP contribution in [-0.2, 0) is 20.8 Å². The molecule has 10 nitrogen and oxygen atoms in total. The van der Waals surface area contributed by atoms with Crippen LogP contribution in [0.15, 0.2) is 51.9 Å². The summed E-state index contributed by atoms with van der Waals surface area (Å²) < 4.78 is 5.51. The minimum Gasteiger partial charge on any atom is -0.508 e. The molecule has 1 amide bonds. The first-order valence-corrected chi connectivity index (χ1v) is 11.0. The van der Waals surface area contributed by atoms with E-state index in [0.29, 0.717) is 16.9 Å². The van der Waals surface area contributed by atoms with Crippen molar-refractivity contribution in [3.63, 3.8) is 0 Å². The third-order valence-electron chi connectivity index (χ3n) is 7.39. The number of Topliss-reactive ketones (excluding diaryl/α,β-unsaturated/α-hetero) is 2. The Kier molecular flexibility index (Phi) is 4.94. The molecule has 182 valence electrons. The summed E-state index contributed by atoms with van der Waals surface area (Å²) >= 11 is 0. The van der Waals surface area contributed by atoms with E-state index in [1.807, 2.05) is 0 Å². The first-order chi connectivity index (χ1) is 16.5. The summed E-state index contributed by atoms with van der Waals surface area (Å²) in [7, 11) is 3.11. The van der Waals surface area contributed by atoms with Crippen molar-refractivity contribution >= 4 is 23.2 Å². The molecule has 0 radical (unpaired) electrons. The van der Waals surface area contributed by atoms with E-state index < -0.39 is 58.0 Å². The van der Waals surface area contributed by atoms with Crippen molar-refractivity contribution in [2.45, 2.75) is 24.5 Å². The van der Waals surface area contributed by atoms with E-state index in [1.165, 1.54) is 17.2 Å². The number of rotatable bonds is 3. The fraction of sp³-hybridized carbons (Fsp3) is 0.320. The van der Waals surface area contributed by atoms with Crippen LogP contribution in [0, 0.1) is 11.8 Å². The minimum absolute atomic E-state index is 0.0233. The molecule has 4 atom stereocenters. The molecule has 5 rings (SSSR count). The molecule has 35 heavy (non-hydrogen) atoms. The summed E-state index contributed by atoms with van der Waals surface area (Å²) in [6.07, 6.45) is 1.71. The largest absolute Gasteiger partial charge is 0.508 e. The molecule has 2 aromatic rings. The van der Waals surface area contributed by atoms with Gasteiger partial charge in [-0.1, -0.05) is 0 Å². The molecular weight excluding hydrogens is 456 g/mol. The van der Waals surface area contributed by atoms with Gasteiger partial charge in [0.15, 0.2) is 11.4 Å². The maximum Gasteiger partial charge on any atom is 0.255 e. The summed E-state index contributed by atoms with van der Waals surface area (Å²) in [4.78, 5) is 40.4. The first-order valence-electron chi connectivity index (χ1n) is 11.0. The number of hydrogen-bond donors (Lipinski definition) is 5. The number of nitrogens with two attached hydrogens (primary N) is 1. The highest BCUT2D eigenvalue weighted by Gasteiger charge is 2.64. The highest BCUT2D eigenvalue weighted by Crippen LogP contribution is 2.53. The molecule has 0 aliphatic heterocycles. The summed E-state index contributed by atoms with van der Waals surface area (Å²) in [5, 5.41) is 44.2. The number of fused-ring (bicyclic) bond motifs is 3. The van der Waals surface area contributed by atoms with Crippen LogP contribution in [0.5, 0.6) is 5.75 Å². The van der Waals surface area contributed by atoms with Gasteiger partial charge >= 0.3 is 0 Å². The Morgan fingerprint density at radius 1 is 1.17 bits per heavy atom. The molecule has 1 aromatic heterocycles. The van der Waals surface area contributed by atoms with E-state index >= 15 is 0 Å². The van der Waals surface area contributed by atoms with Gasteiger partial charge in [0.2, 0.25) is 5.78 Å². The second-order valence-electron chi connectivity index (χ2n) is 9.42. The number of hydrogen-bond acceptors (Lipinski definition) is 9. The Labute approximate surface area is 199 Å². The van der Waals surface area contributed by atoms with Gasteiger partial charge in [-0.25, -0.2) is 0 Å². The van der Waals surface area contributed by atoms with Gasteiger partial charge in [-0.2, -0.15) is 0 Å². The van der Waals surface area contributed by atoms with Crippen LogP contribution in [-0.4, -0.2) is 68.5 Å². The fourth-order valence-corrected chi connectivity index (χ4v) is 5.91. The molecular formula is C25H24N2O8. The van der Waals surface area contributed by atoms with E-state index in [1.54, 1.807) is 32.3 Å². The predicted molar refractivity (Wildman–Crippen MR) is 122 cm³/mol. The molecule has 1 saturated carbocycles. The Morgan fingerprint density at radius 2 is 1.89 bits per heavy atom. The van der Waals surface area contributed by atoms with E-state index in [2.05, 4.69) is 0 Å². The van der Waals surface area contributed by atoms with Crippen LogP contribution in [0.2, 0.25) is 0 Å². The van der Waals surface area contributed by atoms with Crippen molar-refractivity contribution in [3.05, 3.63) is 58.6 Å². The predicted octanol–water partition coefficient (Wildman–Crippen LogP) is 1.22. The molecule has 0 bridgehead atoms. The van der Waals surface area contributed by atoms with Crippen LogP contribution < -0.4 is 5.73 Å². The SMILES string of the molecule is CN(C)[C@H]1C(=O)C(C(N)=O)=C(O)[C@]2(O)C(=O)C3=C(O)c4c(O)ccc(-c5ccco5)c4C[C@H]3C[C@@H]12. The van der Waals surface area contributed by atoms with E-state index in [4.69, 9.17) is 10.2 Å². The summed E-state index contributed by atoms with van der Waals surface area (Å²) in [6, 6.07) is 5.31. The van der Waals surface area contributed by atoms with Crippen LogP contribution in [0.25, 0.3) is 17.1 Å². The Morgan fingerprint density at radius 3 is 2.49 bits per heavy atom. The zero-order valence-electron chi connectivity index (χ0n) is 19.0. The zero-order valence-corrected chi connectivity index (χ0v) is 19.0. The molecule has 6 N–H and O–H groups in total. The fourth-order valence-electron chi connectivity index (χ4n) is 5.91. The summed E-state index contributed by atoms with van der Waals surface area (Å²) in [6.45, 7) is 0. The van der Waals surface area contributed by atoms with Gasteiger partial charge in [0.05, 0.1) is 17.9 Å². The van der Waals surface area contributed by atoms with E-state index in [0.717, 1.165) is 0 Å². The second-order valence-corrected chi connectivity index (χ2v) is 9.42. The number of nitrogens with zero attached hydrogens (tertiary/aromatic N) is 1. The number of phenolic OH excluding ortho intramolecular Hbond substituents is 1. The van der Waals surface area contributed by atoms with Gasteiger partial charge in [-0.05, 0) is 62.7 Å². The highest BCUT2D eigenvalue weighted by atomic mass is 16.3. The van der Waals surface area contributed by atoms with Crippen molar-refractivity contribution in [1.29, 1.82) is 0 Å². The molecule has 1 fully saturated rings. The summed E-state index contributed by atoms with van der Waals surface area (Å²) in [5.41, 5.74) is 2.82. The number of primary amides is 1. The van der Waals surface area contributed by atoms with Crippen molar-refractivity contribution in [3.8, 4) is 17.1 Å². The van der Waals surface area contributed by atoms with Crippen LogP contribution in [0.3, 0.4) is 0 Å². The average Bonchev–Trinajstić information content (AvgIpc) is 3.30. The molecule has 10 heteroatoms. The quantitative estimate of drug-likeness (QED) is 0.405. The van der Waals surface area contributed by atoms with Crippen molar-refractivity contribution < 1.29 is 39.2 Å². The first kappa shape index (κ1) is 22.9. The van der Waals surface area contributed by atoms with E-state index in [-0.39, 0.29) is 29.7 Å². The lowest BCUT2D eigenvalue weighted by Crippen LogP contribution is -2.65. The standard InChI is InChI=1S/C25H24N2O8/c1-27(2)19-13-9-10-8-12-11(15-4-3-7-35-15)5-6-14(28)17(12)20(29)16(10)22(31)25(13,34)23(32)18(21(19)30)24(26)33/h3-7,10,13,19,28-29,32,34H,8-9H2,1-2H3,(H2,26,33)/t10-,13-,19+,25+/m0/s1. The van der Waals surface area contributed by atoms with Gasteiger partial charge in [0.25, 0.3) is 5.91 Å². The number of carbonyl (C=O) groups excluding carboxylic acids is 3. The monoisotopic (exact) mass is 480 g/mol. The normalized spacial score (nSPS) is 28.2. The van der Waals surface area contributed by atoms with E-state index in [9.17, 15) is 34.8 Å². The van der Waals surface area contributed by atoms with Crippen molar-refractivity contribution in [2.75, 3.05) is 14.1 Å². The Hall–Kier alpha value is -3.89. The lowest BCUT2D eigenvalue weighted by molar-refractivity contribution is -0.153. The molecule has 0 unspecified atom stereocenters. The van der Waals surface area contributed by atoms with Gasteiger partial charge in [-0.15, -0.1) is 0 Å². The highest BCUT2D eigenvalue weighted by molar-refractivity contribution is 6.24. The molecule has 1 heterocycles. The van der Waals surface area contributed by atoms with Gasteiger partial charge in [-0.3, -0.25) is 19.3 Å². The number of carbonyl (C=O) groups is 3. The molecule has 1 aromatic carbocycles. The molecule has 3 aliphatic rings. The zero-order chi connectivity index (χ0) is 25.4. The number of ketones is 2. The number of phenols is 1. The Balaban J connectivity index is 1.75. The third kappa shape index (κ3) is 2.93. The molecule has 0 spiro atoms.